The average molecular weight is 145 g/mol. The number of hydrogen-bond donors (Lipinski definition) is 1. The maximum atomic E-state index is 5.58. The topological polar surface area (TPSA) is 26.0 Å². The fourth-order valence-electron chi connectivity index (χ4n) is 0.966. The van der Waals surface area contributed by atoms with Crippen molar-refractivity contribution in [2.75, 3.05) is 0 Å². The zero-order valence-corrected chi connectivity index (χ0v) is 8.36. The van der Waals surface area contributed by atoms with Crippen LogP contribution in [0.4, 0.5) is 0 Å². The van der Waals surface area contributed by atoms with E-state index in [9.17, 15) is 0 Å². The van der Waals surface area contributed by atoms with Gasteiger partial charge in [-0.15, -0.1) is 0 Å². The van der Waals surface area contributed by atoms with E-state index in [2.05, 4.69) is 20.8 Å². The molecule has 10 heavy (non-hydrogen) atoms. The van der Waals surface area contributed by atoms with E-state index in [-0.39, 0.29) is 0 Å². The lowest BCUT2D eigenvalue weighted by atomic mass is 9.89. The normalized spacial score (nSPS) is 13.5. The van der Waals surface area contributed by atoms with Crippen LogP contribution in [0.2, 0.25) is 0 Å². The lowest BCUT2D eigenvalue weighted by molar-refractivity contribution is 0.349. The maximum Gasteiger partial charge on any atom is 0.00154 e. The zero-order chi connectivity index (χ0) is 8.78. The second-order valence-electron chi connectivity index (χ2n) is 3.74. The van der Waals surface area contributed by atoms with Crippen molar-refractivity contribution in [3.63, 3.8) is 0 Å². The summed E-state index contributed by atoms with van der Waals surface area (Å²) in [5.74, 6) is 0. The number of nitrogens with two attached hydrogens (primary N) is 1. The second kappa shape index (κ2) is 5.72. The van der Waals surface area contributed by atoms with Gasteiger partial charge in [0.25, 0.3) is 0 Å². The van der Waals surface area contributed by atoms with Gasteiger partial charge in [0.1, 0.15) is 0 Å². The Morgan fingerprint density at radius 3 is 1.50 bits per heavy atom. The molecule has 0 aromatic carbocycles. The van der Waals surface area contributed by atoms with Gasteiger partial charge < -0.3 is 5.73 Å². The predicted octanol–water partition coefficient (Wildman–Crippen LogP) is 2.80. The van der Waals surface area contributed by atoms with Crippen molar-refractivity contribution in [1.29, 1.82) is 0 Å². The van der Waals surface area contributed by atoms with Crippen LogP contribution in [0.3, 0.4) is 0 Å². The summed E-state index contributed by atoms with van der Waals surface area (Å²) >= 11 is 0. The third-order valence-electron chi connectivity index (χ3n) is 0.934. The number of rotatable bonds is 1. The first-order valence-electron chi connectivity index (χ1n) is 4.17. The maximum absolute atomic E-state index is 5.58. The summed E-state index contributed by atoms with van der Waals surface area (Å²) in [5, 5.41) is 0. The van der Waals surface area contributed by atoms with Crippen LogP contribution in [0, 0.1) is 5.41 Å². The molecule has 0 aromatic heterocycles. The van der Waals surface area contributed by atoms with Gasteiger partial charge in [-0.2, -0.15) is 0 Å². The molecule has 0 rings (SSSR count). The third kappa shape index (κ3) is 15.7. The molecular weight excluding hydrogens is 122 g/mol. The van der Waals surface area contributed by atoms with Gasteiger partial charge in [0.15, 0.2) is 0 Å². The van der Waals surface area contributed by atoms with Crippen molar-refractivity contribution in [3.05, 3.63) is 0 Å². The monoisotopic (exact) mass is 145 g/mol. The summed E-state index contributed by atoms with van der Waals surface area (Å²) < 4.78 is 0. The van der Waals surface area contributed by atoms with Crippen LogP contribution < -0.4 is 5.73 Å². The molecule has 0 aromatic rings. The summed E-state index contributed by atoms with van der Waals surface area (Å²) in [7, 11) is 0. The fraction of sp³-hybridized carbons (Fsp3) is 1.00. The minimum absolute atomic E-state index is 0.343. The smallest absolute Gasteiger partial charge is 0.00154 e. The Morgan fingerprint density at radius 1 is 1.20 bits per heavy atom. The lowest BCUT2D eigenvalue weighted by Crippen LogP contribution is -2.22. The molecule has 1 atom stereocenters. The molecule has 0 heterocycles. The Labute approximate surface area is 66.0 Å². The second-order valence-corrected chi connectivity index (χ2v) is 3.74. The van der Waals surface area contributed by atoms with Gasteiger partial charge in [0, 0.05) is 6.04 Å². The Balaban J connectivity index is 0. The Bertz CT molecular complexity index is 59.6. The van der Waals surface area contributed by atoms with Gasteiger partial charge in [0.2, 0.25) is 0 Å². The van der Waals surface area contributed by atoms with Crippen molar-refractivity contribution in [2.24, 2.45) is 11.1 Å². The zero-order valence-electron chi connectivity index (χ0n) is 8.36. The highest BCUT2D eigenvalue weighted by atomic mass is 14.6. The molecular formula is C9H23N. The van der Waals surface area contributed by atoms with E-state index in [1.165, 1.54) is 0 Å². The summed E-state index contributed by atoms with van der Waals surface area (Å²) in [6, 6.07) is 0.343. The molecule has 0 radical (unpaired) electrons. The van der Waals surface area contributed by atoms with Crippen LogP contribution in [-0.2, 0) is 0 Å². The van der Waals surface area contributed by atoms with E-state index in [1.54, 1.807) is 0 Å². The largest absolute Gasteiger partial charge is 0.328 e. The highest BCUT2D eigenvalue weighted by Crippen LogP contribution is 2.19. The molecule has 0 unspecified atom stereocenters. The minimum atomic E-state index is 0.343. The van der Waals surface area contributed by atoms with Crippen LogP contribution in [-0.4, -0.2) is 6.04 Å². The molecule has 0 aliphatic heterocycles. The molecule has 0 aliphatic rings. The van der Waals surface area contributed by atoms with E-state index in [0.29, 0.717) is 11.5 Å². The van der Waals surface area contributed by atoms with Gasteiger partial charge in [0.05, 0.1) is 0 Å². The molecule has 0 fully saturated rings. The van der Waals surface area contributed by atoms with E-state index in [4.69, 9.17) is 5.73 Å². The van der Waals surface area contributed by atoms with E-state index in [0.717, 1.165) is 6.42 Å². The van der Waals surface area contributed by atoms with Gasteiger partial charge in [-0.1, -0.05) is 34.6 Å². The van der Waals surface area contributed by atoms with Crippen molar-refractivity contribution >= 4 is 0 Å². The molecule has 0 amide bonds. The van der Waals surface area contributed by atoms with Crippen molar-refractivity contribution in [2.45, 2.75) is 54.0 Å². The summed E-state index contributed by atoms with van der Waals surface area (Å²) in [6.07, 6.45) is 1.10. The molecule has 0 spiro atoms. The minimum Gasteiger partial charge on any atom is -0.328 e. The van der Waals surface area contributed by atoms with Gasteiger partial charge >= 0.3 is 0 Å². The molecule has 0 saturated carbocycles. The fourth-order valence-corrected chi connectivity index (χ4v) is 0.966. The Kier molecular flexibility index (Phi) is 7.22. The highest BCUT2D eigenvalue weighted by Gasteiger charge is 2.11. The third-order valence-corrected chi connectivity index (χ3v) is 0.934. The summed E-state index contributed by atoms with van der Waals surface area (Å²) in [4.78, 5) is 0. The van der Waals surface area contributed by atoms with Crippen LogP contribution in [0.15, 0.2) is 0 Å². The van der Waals surface area contributed by atoms with Crippen molar-refractivity contribution in [3.8, 4) is 0 Å². The quantitative estimate of drug-likeness (QED) is 0.603. The van der Waals surface area contributed by atoms with Crippen LogP contribution in [0.5, 0.6) is 0 Å². The van der Waals surface area contributed by atoms with Crippen molar-refractivity contribution in [1.82, 2.24) is 0 Å². The Hall–Kier alpha value is -0.0400. The van der Waals surface area contributed by atoms with E-state index < -0.39 is 0 Å². The van der Waals surface area contributed by atoms with Gasteiger partial charge in [-0.25, -0.2) is 0 Å². The highest BCUT2D eigenvalue weighted by molar-refractivity contribution is 4.66. The standard InChI is InChI=1S/C7H17N.C2H6/c1-6(8)5-7(2,3)4;1-2/h6H,5,8H2,1-4H3;1-2H3/t6-;/m0./s1. The van der Waals surface area contributed by atoms with Crippen LogP contribution >= 0.6 is 0 Å². The number of hydrogen-bond acceptors (Lipinski definition) is 1. The molecule has 1 nitrogen and oxygen atoms in total. The summed E-state index contributed by atoms with van der Waals surface area (Å²) in [5.41, 5.74) is 5.98. The molecule has 0 aliphatic carbocycles. The van der Waals surface area contributed by atoms with E-state index >= 15 is 0 Å². The first-order chi connectivity index (χ1) is 4.42. The van der Waals surface area contributed by atoms with E-state index in [1.807, 2.05) is 20.8 Å². The van der Waals surface area contributed by atoms with Crippen LogP contribution in [0.1, 0.15) is 48.0 Å². The average Bonchev–Trinajstić information content (AvgIpc) is 1.64. The van der Waals surface area contributed by atoms with Crippen molar-refractivity contribution < 1.29 is 0 Å². The SMILES string of the molecule is CC.C[C@H](N)CC(C)(C)C. The lowest BCUT2D eigenvalue weighted by Gasteiger charge is -2.19. The van der Waals surface area contributed by atoms with Crippen LogP contribution in [0.25, 0.3) is 0 Å². The van der Waals surface area contributed by atoms with Gasteiger partial charge in [-0.3, -0.25) is 0 Å². The predicted molar refractivity (Wildman–Crippen MR) is 49.1 cm³/mol. The first kappa shape index (κ1) is 12.6. The molecule has 64 valence electrons. The molecule has 1 heteroatoms. The first-order valence-corrected chi connectivity index (χ1v) is 4.17. The Morgan fingerprint density at radius 2 is 1.50 bits per heavy atom. The molecule has 0 bridgehead atoms. The molecule has 2 N–H and O–H groups in total. The van der Waals surface area contributed by atoms with Gasteiger partial charge in [-0.05, 0) is 18.8 Å². The molecule has 0 saturated heterocycles. The summed E-state index contributed by atoms with van der Waals surface area (Å²) in [6.45, 7) is 12.7.